The molecule has 0 fully saturated rings. The number of hydrogen-bond acceptors (Lipinski definition) is 2. The first-order valence-corrected chi connectivity index (χ1v) is 6.48. The van der Waals surface area contributed by atoms with E-state index in [9.17, 15) is 8.78 Å². The van der Waals surface area contributed by atoms with Crippen molar-refractivity contribution in [1.29, 1.82) is 0 Å². The molecule has 20 heavy (non-hydrogen) atoms. The minimum atomic E-state index is -0.549. The smallest absolute Gasteiger partial charge is 0.131 e. The third kappa shape index (κ3) is 2.96. The molecule has 0 bridgehead atoms. The maximum atomic E-state index is 14.0. The topological polar surface area (TPSA) is 21.3 Å². The first-order chi connectivity index (χ1) is 9.67. The van der Waals surface area contributed by atoms with Crippen LogP contribution in [0.1, 0.15) is 24.1 Å². The molecule has 1 N–H and O–H groups in total. The van der Waals surface area contributed by atoms with E-state index in [4.69, 9.17) is 4.74 Å². The molecule has 0 radical (unpaired) electrons. The van der Waals surface area contributed by atoms with Crippen LogP contribution in [0.5, 0.6) is 5.75 Å². The van der Waals surface area contributed by atoms with Gasteiger partial charge in [0.2, 0.25) is 0 Å². The molecule has 2 nitrogen and oxygen atoms in total. The van der Waals surface area contributed by atoms with Crippen LogP contribution >= 0.6 is 0 Å². The largest absolute Gasteiger partial charge is 0.497 e. The minimum absolute atomic E-state index is 0.0412. The normalized spacial score (nSPS) is 12.2. The molecule has 0 spiro atoms. The summed E-state index contributed by atoms with van der Waals surface area (Å²) in [6.45, 7) is 2.50. The standard InChI is InChI=1S/C16H17F2NO/c1-3-19-16(11-7-9-12(20-2)10-8-11)15-13(17)5-4-6-14(15)18/h4-10,16,19H,3H2,1-2H3. The number of rotatable bonds is 5. The molecule has 106 valence electrons. The Bertz CT molecular complexity index is 549. The Morgan fingerprint density at radius 2 is 1.65 bits per heavy atom. The summed E-state index contributed by atoms with van der Waals surface area (Å²) in [6, 6.07) is 10.5. The molecule has 0 saturated carbocycles. The predicted molar refractivity (Wildman–Crippen MR) is 74.9 cm³/mol. The summed E-state index contributed by atoms with van der Waals surface area (Å²) in [5, 5.41) is 3.11. The minimum Gasteiger partial charge on any atom is -0.497 e. The molecule has 4 heteroatoms. The van der Waals surface area contributed by atoms with E-state index in [1.54, 1.807) is 31.4 Å². The first kappa shape index (κ1) is 14.5. The van der Waals surface area contributed by atoms with Crippen LogP contribution in [0.25, 0.3) is 0 Å². The summed E-state index contributed by atoms with van der Waals surface area (Å²) < 4.78 is 33.0. The molecule has 1 atom stereocenters. The number of hydrogen-bond donors (Lipinski definition) is 1. The summed E-state index contributed by atoms with van der Waals surface area (Å²) in [7, 11) is 1.58. The summed E-state index contributed by atoms with van der Waals surface area (Å²) in [6.07, 6.45) is 0. The van der Waals surface area contributed by atoms with Gasteiger partial charge in [0.1, 0.15) is 17.4 Å². The molecule has 2 aromatic carbocycles. The fourth-order valence-corrected chi connectivity index (χ4v) is 2.17. The lowest BCUT2D eigenvalue weighted by Crippen LogP contribution is -2.24. The summed E-state index contributed by atoms with van der Waals surface area (Å²) in [4.78, 5) is 0. The number of halogens is 2. The highest BCUT2D eigenvalue weighted by Gasteiger charge is 2.20. The highest BCUT2D eigenvalue weighted by Crippen LogP contribution is 2.28. The molecule has 1 unspecified atom stereocenters. The van der Waals surface area contributed by atoms with E-state index in [1.807, 2.05) is 6.92 Å². The third-order valence-corrected chi connectivity index (χ3v) is 3.15. The predicted octanol–water partition coefficient (Wildman–Crippen LogP) is 3.67. The van der Waals surface area contributed by atoms with Crippen molar-refractivity contribution in [2.45, 2.75) is 13.0 Å². The van der Waals surface area contributed by atoms with Crippen LogP contribution in [0.15, 0.2) is 42.5 Å². The van der Waals surface area contributed by atoms with E-state index in [1.165, 1.54) is 18.2 Å². The highest BCUT2D eigenvalue weighted by atomic mass is 19.1. The van der Waals surface area contributed by atoms with Crippen LogP contribution in [0.4, 0.5) is 8.78 Å². The van der Waals surface area contributed by atoms with Gasteiger partial charge in [-0.1, -0.05) is 25.1 Å². The van der Waals surface area contributed by atoms with Gasteiger partial charge in [0.25, 0.3) is 0 Å². The van der Waals surface area contributed by atoms with Crippen LogP contribution in [-0.4, -0.2) is 13.7 Å². The molecule has 0 amide bonds. The van der Waals surface area contributed by atoms with Gasteiger partial charge >= 0.3 is 0 Å². The maximum Gasteiger partial charge on any atom is 0.131 e. The number of benzene rings is 2. The van der Waals surface area contributed by atoms with Crippen molar-refractivity contribution in [3.63, 3.8) is 0 Å². The SMILES string of the molecule is CCNC(c1ccc(OC)cc1)c1c(F)cccc1F. The Hall–Kier alpha value is -1.94. The molecular formula is C16H17F2NO. The first-order valence-electron chi connectivity index (χ1n) is 6.48. The monoisotopic (exact) mass is 277 g/mol. The highest BCUT2D eigenvalue weighted by molar-refractivity contribution is 5.36. The maximum absolute atomic E-state index is 14.0. The van der Waals surface area contributed by atoms with E-state index < -0.39 is 17.7 Å². The van der Waals surface area contributed by atoms with Crippen molar-refractivity contribution in [1.82, 2.24) is 5.32 Å². The summed E-state index contributed by atoms with van der Waals surface area (Å²) in [5.74, 6) is -0.392. The molecular weight excluding hydrogens is 260 g/mol. The molecule has 2 rings (SSSR count). The number of nitrogens with one attached hydrogen (secondary N) is 1. The van der Waals surface area contributed by atoms with Crippen LogP contribution in [-0.2, 0) is 0 Å². The second-order valence-electron chi connectivity index (χ2n) is 4.40. The molecule has 0 saturated heterocycles. The van der Waals surface area contributed by atoms with Gasteiger partial charge in [-0.3, -0.25) is 0 Å². The van der Waals surface area contributed by atoms with Crippen LogP contribution in [0.3, 0.4) is 0 Å². The Morgan fingerprint density at radius 3 is 2.15 bits per heavy atom. The van der Waals surface area contributed by atoms with E-state index in [-0.39, 0.29) is 5.56 Å². The molecule has 2 aromatic rings. The van der Waals surface area contributed by atoms with E-state index in [0.717, 1.165) is 5.56 Å². The zero-order chi connectivity index (χ0) is 14.5. The molecule has 0 aliphatic heterocycles. The third-order valence-electron chi connectivity index (χ3n) is 3.15. The Labute approximate surface area is 117 Å². The van der Waals surface area contributed by atoms with E-state index >= 15 is 0 Å². The Kier molecular flexibility index (Phi) is 4.69. The second kappa shape index (κ2) is 6.48. The van der Waals surface area contributed by atoms with Crippen molar-refractivity contribution in [2.75, 3.05) is 13.7 Å². The van der Waals surface area contributed by atoms with Crippen molar-refractivity contribution in [3.05, 3.63) is 65.2 Å². The molecule has 0 heterocycles. The van der Waals surface area contributed by atoms with E-state index in [0.29, 0.717) is 12.3 Å². The van der Waals surface area contributed by atoms with Gasteiger partial charge in [-0.2, -0.15) is 0 Å². The zero-order valence-corrected chi connectivity index (χ0v) is 11.5. The summed E-state index contributed by atoms with van der Waals surface area (Å²) >= 11 is 0. The van der Waals surface area contributed by atoms with Crippen molar-refractivity contribution in [2.24, 2.45) is 0 Å². The van der Waals surface area contributed by atoms with Gasteiger partial charge in [0.05, 0.1) is 13.2 Å². The van der Waals surface area contributed by atoms with Gasteiger partial charge in [0, 0.05) is 5.56 Å². The number of methoxy groups -OCH3 is 1. The quantitative estimate of drug-likeness (QED) is 0.900. The molecule has 0 aliphatic rings. The fraction of sp³-hybridized carbons (Fsp3) is 0.250. The van der Waals surface area contributed by atoms with Crippen molar-refractivity contribution in [3.8, 4) is 5.75 Å². The van der Waals surface area contributed by atoms with Crippen molar-refractivity contribution >= 4 is 0 Å². The molecule has 0 aromatic heterocycles. The van der Waals surface area contributed by atoms with E-state index in [2.05, 4.69) is 5.32 Å². The van der Waals surface area contributed by atoms with Gasteiger partial charge in [-0.25, -0.2) is 8.78 Å². The molecule has 0 aliphatic carbocycles. The lowest BCUT2D eigenvalue weighted by atomic mass is 9.97. The lowest BCUT2D eigenvalue weighted by molar-refractivity contribution is 0.414. The summed E-state index contributed by atoms with van der Waals surface area (Å²) in [5.41, 5.74) is 0.830. The van der Waals surface area contributed by atoms with Crippen LogP contribution in [0.2, 0.25) is 0 Å². The average molecular weight is 277 g/mol. The van der Waals surface area contributed by atoms with Crippen molar-refractivity contribution < 1.29 is 13.5 Å². The van der Waals surface area contributed by atoms with Gasteiger partial charge < -0.3 is 10.1 Å². The van der Waals surface area contributed by atoms with Crippen LogP contribution in [0, 0.1) is 11.6 Å². The van der Waals surface area contributed by atoms with Crippen LogP contribution < -0.4 is 10.1 Å². The van der Waals surface area contributed by atoms with Gasteiger partial charge in [0.15, 0.2) is 0 Å². The number of ether oxygens (including phenoxy) is 1. The lowest BCUT2D eigenvalue weighted by Gasteiger charge is -2.20. The van der Waals surface area contributed by atoms with Gasteiger partial charge in [-0.05, 0) is 36.4 Å². The average Bonchev–Trinajstić information content (AvgIpc) is 2.46. The second-order valence-corrected chi connectivity index (χ2v) is 4.40. The Morgan fingerprint density at radius 1 is 1.05 bits per heavy atom. The van der Waals surface area contributed by atoms with Gasteiger partial charge in [-0.15, -0.1) is 0 Å². The Balaban J connectivity index is 2.44. The fourth-order valence-electron chi connectivity index (χ4n) is 2.17. The zero-order valence-electron chi connectivity index (χ0n) is 11.5.